The minimum Gasteiger partial charge on any atom is -0.399 e. The van der Waals surface area contributed by atoms with Gasteiger partial charge in [0, 0.05) is 5.69 Å². The summed E-state index contributed by atoms with van der Waals surface area (Å²) in [6.45, 7) is 1.47. The Balaban J connectivity index is 3.39. The third-order valence-corrected chi connectivity index (χ3v) is 2.51. The molecular formula is C11H11F6N. The molecule has 0 saturated heterocycles. The number of aryl methyl sites for hydroxylation is 1. The molecule has 0 atom stereocenters. The second-order valence-electron chi connectivity index (χ2n) is 3.83. The molecule has 1 nitrogen and oxygen atoms in total. The van der Waals surface area contributed by atoms with Gasteiger partial charge in [0.15, 0.2) is 5.92 Å². The summed E-state index contributed by atoms with van der Waals surface area (Å²) in [5.41, 5.74) is 4.66. The SMILES string of the molecule is CCc1cc(N)ccc1C(C(F)(F)F)C(F)(F)F. The molecule has 0 radical (unpaired) electrons. The van der Waals surface area contributed by atoms with Gasteiger partial charge >= 0.3 is 12.4 Å². The molecule has 0 fully saturated rings. The second kappa shape index (κ2) is 4.70. The van der Waals surface area contributed by atoms with E-state index in [1.807, 2.05) is 0 Å². The highest BCUT2D eigenvalue weighted by Crippen LogP contribution is 2.47. The van der Waals surface area contributed by atoms with Crippen LogP contribution in [-0.4, -0.2) is 12.4 Å². The van der Waals surface area contributed by atoms with Crippen molar-refractivity contribution in [2.24, 2.45) is 0 Å². The van der Waals surface area contributed by atoms with Gasteiger partial charge in [0.25, 0.3) is 0 Å². The van der Waals surface area contributed by atoms with E-state index < -0.39 is 23.8 Å². The molecule has 0 amide bonds. The zero-order chi connectivity index (χ0) is 14.1. The topological polar surface area (TPSA) is 26.0 Å². The van der Waals surface area contributed by atoms with Crippen LogP contribution < -0.4 is 5.73 Å². The van der Waals surface area contributed by atoms with Gasteiger partial charge in [-0.2, -0.15) is 26.3 Å². The van der Waals surface area contributed by atoms with Crippen LogP contribution in [0.15, 0.2) is 18.2 Å². The zero-order valence-corrected chi connectivity index (χ0v) is 9.36. The van der Waals surface area contributed by atoms with E-state index in [1.165, 1.54) is 6.92 Å². The minimum atomic E-state index is -5.38. The van der Waals surface area contributed by atoms with Gasteiger partial charge in [-0.25, -0.2) is 0 Å². The van der Waals surface area contributed by atoms with E-state index in [0.717, 1.165) is 18.2 Å². The van der Waals surface area contributed by atoms with Crippen LogP contribution in [0.5, 0.6) is 0 Å². The van der Waals surface area contributed by atoms with Crippen LogP contribution in [0, 0.1) is 0 Å². The Kier molecular flexibility index (Phi) is 3.83. The number of rotatable bonds is 2. The number of hydrogen-bond donors (Lipinski definition) is 1. The van der Waals surface area contributed by atoms with Gasteiger partial charge in [0.2, 0.25) is 0 Å². The number of nitrogen functional groups attached to an aromatic ring is 1. The van der Waals surface area contributed by atoms with Crippen molar-refractivity contribution in [2.75, 3.05) is 5.73 Å². The van der Waals surface area contributed by atoms with Crippen molar-refractivity contribution in [1.29, 1.82) is 0 Å². The predicted molar refractivity (Wildman–Crippen MR) is 55.1 cm³/mol. The highest BCUT2D eigenvalue weighted by atomic mass is 19.4. The van der Waals surface area contributed by atoms with Crippen molar-refractivity contribution >= 4 is 5.69 Å². The third-order valence-electron chi connectivity index (χ3n) is 2.51. The molecule has 0 unspecified atom stereocenters. The van der Waals surface area contributed by atoms with Crippen molar-refractivity contribution in [3.05, 3.63) is 29.3 Å². The lowest BCUT2D eigenvalue weighted by molar-refractivity contribution is -0.253. The molecule has 1 aromatic carbocycles. The summed E-state index contributed by atoms with van der Waals surface area (Å²) < 4.78 is 75.4. The van der Waals surface area contributed by atoms with Crippen LogP contribution in [-0.2, 0) is 6.42 Å². The summed E-state index contributed by atoms with van der Waals surface area (Å²) in [6.07, 6.45) is -10.7. The van der Waals surface area contributed by atoms with Crippen molar-refractivity contribution < 1.29 is 26.3 Å². The number of benzene rings is 1. The molecule has 0 spiro atoms. The fourth-order valence-corrected chi connectivity index (χ4v) is 1.75. The number of alkyl halides is 6. The molecule has 0 aliphatic carbocycles. The number of halogens is 6. The van der Waals surface area contributed by atoms with Gasteiger partial charge in [-0.3, -0.25) is 0 Å². The van der Waals surface area contributed by atoms with E-state index >= 15 is 0 Å². The molecule has 1 aromatic rings. The molecule has 0 aliphatic rings. The van der Waals surface area contributed by atoms with E-state index in [0.29, 0.717) is 0 Å². The van der Waals surface area contributed by atoms with E-state index in [2.05, 4.69) is 0 Å². The first-order valence-electron chi connectivity index (χ1n) is 5.09. The quantitative estimate of drug-likeness (QED) is 0.637. The van der Waals surface area contributed by atoms with Crippen LogP contribution in [0.2, 0.25) is 0 Å². The Bertz CT molecular complexity index is 407. The Morgan fingerprint density at radius 3 is 1.94 bits per heavy atom. The smallest absolute Gasteiger partial charge is 0.399 e. The van der Waals surface area contributed by atoms with Crippen molar-refractivity contribution in [2.45, 2.75) is 31.6 Å². The van der Waals surface area contributed by atoms with Crippen molar-refractivity contribution in [3.8, 4) is 0 Å². The summed E-state index contributed by atoms with van der Waals surface area (Å²) in [7, 11) is 0. The first kappa shape index (κ1) is 14.7. The fourth-order valence-electron chi connectivity index (χ4n) is 1.75. The number of anilines is 1. The van der Waals surface area contributed by atoms with Crippen molar-refractivity contribution in [3.63, 3.8) is 0 Å². The predicted octanol–water partition coefficient (Wildman–Crippen LogP) is 4.04. The molecule has 0 heterocycles. The average molecular weight is 271 g/mol. The van der Waals surface area contributed by atoms with Gasteiger partial charge in [-0.1, -0.05) is 13.0 Å². The maximum Gasteiger partial charge on any atom is 0.404 e. The first-order chi connectivity index (χ1) is 8.07. The third kappa shape index (κ3) is 3.08. The minimum absolute atomic E-state index is 0.0447. The molecule has 0 saturated carbocycles. The molecule has 7 heteroatoms. The molecule has 0 aromatic heterocycles. The summed E-state index contributed by atoms with van der Waals surface area (Å²) in [6, 6.07) is 2.97. The fraction of sp³-hybridized carbons (Fsp3) is 0.455. The van der Waals surface area contributed by atoms with Gasteiger partial charge in [0.1, 0.15) is 0 Å². The molecule has 2 N–H and O–H groups in total. The lowest BCUT2D eigenvalue weighted by atomic mass is 9.91. The first-order valence-corrected chi connectivity index (χ1v) is 5.09. The summed E-state index contributed by atoms with van der Waals surface area (Å²) in [4.78, 5) is 0. The Morgan fingerprint density at radius 1 is 1.06 bits per heavy atom. The summed E-state index contributed by atoms with van der Waals surface area (Å²) in [5.74, 6) is -3.47. The van der Waals surface area contributed by atoms with Gasteiger partial charge in [-0.05, 0) is 29.7 Å². The van der Waals surface area contributed by atoms with Crippen LogP contribution in [0.1, 0.15) is 24.0 Å². The van der Waals surface area contributed by atoms with Crippen LogP contribution in [0.3, 0.4) is 0 Å². The lowest BCUT2D eigenvalue weighted by Crippen LogP contribution is -2.34. The Labute approximate surface area is 99.6 Å². The average Bonchev–Trinajstić information content (AvgIpc) is 2.16. The molecule has 1 rings (SSSR count). The highest BCUT2D eigenvalue weighted by molar-refractivity contribution is 5.46. The van der Waals surface area contributed by atoms with Crippen LogP contribution in [0.25, 0.3) is 0 Å². The number of nitrogens with two attached hydrogens (primary N) is 1. The van der Waals surface area contributed by atoms with Gasteiger partial charge in [0.05, 0.1) is 0 Å². The van der Waals surface area contributed by atoms with E-state index in [-0.39, 0.29) is 17.7 Å². The van der Waals surface area contributed by atoms with E-state index in [1.54, 1.807) is 0 Å². The normalized spacial score (nSPS) is 13.1. The lowest BCUT2D eigenvalue weighted by Gasteiger charge is -2.25. The van der Waals surface area contributed by atoms with Gasteiger partial charge < -0.3 is 5.73 Å². The van der Waals surface area contributed by atoms with Gasteiger partial charge in [-0.15, -0.1) is 0 Å². The second-order valence-corrected chi connectivity index (χ2v) is 3.83. The molecule has 102 valence electrons. The Morgan fingerprint density at radius 2 is 1.56 bits per heavy atom. The van der Waals surface area contributed by atoms with Crippen molar-refractivity contribution in [1.82, 2.24) is 0 Å². The zero-order valence-electron chi connectivity index (χ0n) is 9.36. The number of hydrogen-bond acceptors (Lipinski definition) is 1. The maximum atomic E-state index is 12.6. The molecule has 0 bridgehead atoms. The largest absolute Gasteiger partial charge is 0.404 e. The van der Waals surface area contributed by atoms with E-state index in [9.17, 15) is 26.3 Å². The highest BCUT2D eigenvalue weighted by Gasteiger charge is 2.57. The Hall–Kier alpha value is -1.40. The monoisotopic (exact) mass is 271 g/mol. The summed E-state index contributed by atoms with van der Waals surface area (Å²) in [5, 5.41) is 0. The van der Waals surface area contributed by atoms with Crippen LogP contribution >= 0.6 is 0 Å². The maximum absolute atomic E-state index is 12.6. The molecule has 18 heavy (non-hydrogen) atoms. The molecular weight excluding hydrogens is 260 g/mol. The van der Waals surface area contributed by atoms with Crippen LogP contribution in [0.4, 0.5) is 32.0 Å². The standard InChI is InChI=1S/C11H11F6N/c1-2-6-5-7(18)3-4-8(6)9(10(12,13)14)11(15,16)17/h3-5,9H,2,18H2,1H3. The summed E-state index contributed by atoms with van der Waals surface area (Å²) >= 11 is 0. The van der Waals surface area contributed by atoms with E-state index in [4.69, 9.17) is 5.73 Å². The molecule has 0 aliphatic heterocycles.